The molecule has 4 nitrogen and oxygen atoms in total. The predicted octanol–water partition coefficient (Wildman–Crippen LogP) is 6.09. The van der Waals surface area contributed by atoms with Crippen LogP contribution in [0.5, 0.6) is 0 Å². The fourth-order valence-corrected chi connectivity index (χ4v) is 5.21. The summed E-state index contributed by atoms with van der Waals surface area (Å²) in [6.07, 6.45) is 4.86. The number of nitrogens with zero attached hydrogens (tertiary/aromatic N) is 1. The monoisotopic (exact) mass is 492 g/mol. The lowest BCUT2D eigenvalue weighted by Crippen LogP contribution is -2.51. The number of benzene rings is 2. The van der Waals surface area contributed by atoms with Crippen LogP contribution in [0.1, 0.15) is 50.2 Å². The van der Waals surface area contributed by atoms with Crippen molar-refractivity contribution < 1.29 is 9.59 Å². The van der Waals surface area contributed by atoms with Crippen LogP contribution in [-0.4, -0.2) is 34.6 Å². The molecule has 0 heterocycles. The minimum Gasteiger partial charge on any atom is -0.352 e. The Morgan fingerprint density at radius 2 is 1.78 bits per heavy atom. The highest BCUT2D eigenvalue weighted by molar-refractivity contribution is 7.99. The molecule has 1 N–H and O–H groups in total. The van der Waals surface area contributed by atoms with Crippen molar-refractivity contribution in [2.24, 2.45) is 0 Å². The molecule has 0 aromatic heterocycles. The van der Waals surface area contributed by atoms with E-state index in [1.54, 1.807) is 4.90 Å². The smallest absolute Gasteiger partial charge is 0.243 e. The van der Waals surface area contributed by atoms with E-state index in [0.29, 0.717) is 34.5 Å². The lowest BCUT2D eigenvalue weighted by atomic mass is 10.1. The maximum Gasteiger partial charge on any atom is 0.243 e. The summed E-state index contributed by atoms with van der Waals surface area (Å²) in [6.45, 7) is 2.27. The third-order valence-corrected chi connectivity index (χ3v) is 7.40. The molecule has 2 aromatic rings. The molecule has 1 aliphatic rings. The quantitative estimate of drug-likeness (QED) is 0.436. The van der Waals surface area contributed by atoms with Crippen LogP contribution in [0.2, 0.25) is 10.0 Å². The van der Waals surface area contributed by atoms with E-state index in [0.717, 1.165) is 36.8 Å². The number of carbonyl (C=O) groups excluding carboxylic acids is 2. The van der Waals surface area contributed by atoms with Gasteiger partial charge in [-0.05, 0) is 48.6 Å². The molecule has 0 spiro atoms. The van der Waals surface area contributed by atoms with Gasteiger partial charge in [0.1, 0.15) is 6.04 Å². The van der Waals surface area contributed by atoms with Crippen LogP contribution in [-0.2, 0) is 21.9 Å². The molecular weight excluding hydrogens is 463 g/mol. The molecule has 1 fully saturated rings. The molecule has 1 atom stereocenters. The van der Waals surface area contributed by atoms with E-state index in [-0.39, 0.29) is 17.9 Å². The predicted molar refractivity (Wildman–Crippen MR) is 134 cm³/mol. The summed E-state index contributed by atoms with van der Waals surface area (Å²) in [7, 11) is 0. The third-order valence-electron chi connectivity index (χ3n) is 5.79. The van der Waals surface area contributed by atoms with Crippen molar-refractivity contribution in [2.75, 3.05) is 5.75 Å². The summed E-state index contributed by atoms with van der Waals surface area (Å²) in [4.78, 5) is 28.1. The van der Waals surface area contributed by atoms with Crippen LogP contribution >= 0.6 is 35.0 Å². The molecule has 7 heteroatoms. The topological polar surface area (TPSA) is 49.4 Å². The Kier molecular flexibility index (Phi) is 9.76. The molecule has 0 bridgehead atoms. The minimum absolute atomic E-state index is 0.0581. The summed E-state index contributed by atoms with van der Waals surface area (Å²) < 4.78 is 0. The Bertz CT molecular complexity index is 901. The van der Waals surface area contributed by atoms with Gasteiger partial charge in [0.15, 0.2) is 0 Å². The number of hydrogen-bond acceptors (Lipinski definition) is 3. The molecule has 3 rings (SSSR count). The normalized spacial score (nSPS) is 14.8. The van der Waals surface area contributed by atoms with E-state index in [9.17, 15) is 9.59 Å². The first-order valence-corrected chi connectivity index (χ1v) is 13.0. The van der Waals surface area contributed by atoms with E-state index in [2.05, 4.69) is 5.32 Å². The molecule has 2 amide bonds. The second-order valence-corrected chi connectivity index (χ2v) is 9.98. The van der Waals surface area contributed by atoms with Crippen LogP contribution in [0.4, 0.5) is 0 Å². The van der Waals surface area contributed by atoms with Crippen LogP contribution in [0.25, 0.3) is 0 Å². The summed E-state index contributed by atoms with van der Waals surface area (Å²) in [5.41, 5.74) is 1.95. The first-order chi connectivity index (χ1) is 15.5. The molecule has 0 radical (unpaired) electrons. The van der Waals surface area contributed by atoms with Gasteiger partial charge in [0.2, 0.25) is 11.8 Å². The maximum atomic E-state index is 13.3. The SMILES string of the molecule is CC[C@@H](C(=O)NC1CCCC1)N(Cc1ccccc1Cl)C(=O)CSCc1ccc(Cl)cc1. The molecule has 2 aromatic carbocycles. The number of nitrogens with one attached hydrogen (secondary N) is 1. The van der Waals surface area contributed by atoms with Gasteiger partial charge in [0.25, 0.3) is 0 Å². The second kappa shape index (κ2) is 12.5. The largest absolute Gasteiger partial charge is 0.352 e. The summed E-state index contributed by atoms with van der Waals surface area (Å²) in [6, 6.07) is 14.8. The molecule has 1 saturated carbocycles. The molecule has 0 saturated heterocycles. The molecule has 0 unspecified atom stereocenters. The summed E-state index contributed by atoms with van der Waals surface area (Å²) in [5.74, 6) is 0.869. The van der Waals surface area contributed by atoms with E-state index in [4.69, 9.17) is 23.2 Å². The van der Waals surface area contributed by atoms with Gasteiger partial charge in [0, 0.05) is 28.4 Å². The number of halogens is 2. The van der Waals surface area contributed by atoms with Gasteiger partial charge in [-0.2, -0.15) is 0 Å². The van der Waals surface area contributed by atoms with Gasteiger partial charge >= 0.3 is 0 Å². The summed E-state index contributed by atoms with van der Waals surface area (Å²) in [5, 5.41) is 4.46. The zero-order valence-corrected chi connectivity index (χ0v) is 20.7. The Balaban J connectivity index is 1.70. The van der Waals surface area contributed by atoms with Gasteiger partial charge < -0.3 is 10.2 Å². The van der Waals surface area contributed by atoms with Crippen LogP contribution in [0.3, 0.4) is 0 Å². The van der Waals surface area contributed by atoms with E-state index >= 15 is 0 Å². The van der Waals surface area contributed by atoms with Gasteiger partial charge in [-0.3, -0.25) is 9.59 Å². The Morgan fingerprint density at radius 3 is 2.44 bits per heavy atom. The number of rotatable bonds is 10. The number of carbonyl (C=O) groups is 2. The molecular formula is C25H30Cl2N2O2S. The zero-order valence-electron chi connectivity index (χ0n) is 18.4. The molecule has 0 aliphatic heterocycles. The lowest BCUT2D eigenvalue weighted by molar-refractivity contribution is -0.139. The van der Waals surface area contributed by atoms with Crippen molar-refractivity contribution in [3.05, 3.63) is 69.7 Å². The van der Waals surface area contributed by atoms with E-state index in [1.807, 2.05) is 55.5 Å². The molecule has 32 heavy (non-hydrogen) atoms. The van der Waals surface area contributed by atoms with Crippen molar-refractivity contribution in [1.82, 2.24) is 10.2 Å². The first kappa shape index (κ1) is 24.9. The van der Waals surface area contributed by atoms with Crippen molar-refractivity contribution >= 4 is 46.8 Å². The first-order valence-electron chi connectivity index (χ1n) is 11.1. The number of thioether (sulfide) groups is 1. The third kappa shape index (κ3) is 7.16. The van der Waals surface area contributed by atoms with Crippen molar-refractivity contribution in [1.29, 1.82) is 0 Å². The molecule has 172 valence electrons. The molecule has 1 aliphatic carbocycles. The fraction of sp³-hybridized carbons (Fsp3) is 0.440. The van der Waals surface area contributed by atoms with Crippen molar-refractivity contribution in [2.45, 2.75) is 63.4 Å². The maximum absolute atomic E-state index is 13.3. The van der Waals surface area contributed by atoms with Gasteiger partial charge in [-0.25, -0.2) is 0 Å². The van der Waals surface area contributed by atoms with E-state index in [1.165, 1.54) is 11.8 Å². The van der Waals surface area contributed by atoms with Crippen LogP contribution in [0, 0.1) is 0 Å². The average molecular weight is 494 g/mol. The lowest BCUT2D eigenvalue weighted by Gasteiger charge is -2.31. The Hall–Kier alpha value is -1.69. The minimum atomic E-state index is -0.518. The van der Waals surface area contributed by atoms with Gasteiger partial charge in [0.05, 0.1) is 5.75 Å². The van der Waals surface area contributed by atoms with Gasteiger partial charge in [-0.1, -0.05) is 73.3 Å². The highest BCUT2D eigenvalue weighted by atomic mass is 35.5. The van der Waals surface area contributed by atoms with E-state index < -0.39 is 6.04 Å². The van der Waals surface area contributed by atoms with Crippen LogP contribution < -0.4 is 5.32 Å². The standard InChI is InChI=1S/C25H30Cl2N2O2S/c1-2-23(25(31)28-21-8-4-5-9-21)29(15-19-7-3-6-10-22(19)27)24(30)17-32-16-18-11-13-20(26)14-12-18/h3,6-7,10-14,21,23H,2,4-5,8-9,15-17H2,1H3,(H,28,31)/t23-/m0/s1. The Morgan fingerprint density at radius 1 is 1.09 bits per heavy atom. The van der Waals surface area contributed by atoms with Crippen molar-refractivity contribution in [3.8, 4) is 0 Å². The summed E-state index contributed by atoms with van der Waals surface area (Å²) >= 11 is 13.9. The van der Waals surface area contributed by atoms with Crippen LogP contribution in [0.15, 0.2) is 48.5 Å². The number of amides is 2. The number of hydrogen-bond donors (Lipinski definition) is 1. The van der Waals surface area contributed by atoms with Crippen molar-refractivity contribution in [3.63, 3.8) is 0 Å². The zero-order chi connectivity index (χ0) is 22.9. The average Bonchev–Trinajstić information content (AvgIpc) is 3.29. The Labute approximate surface area is 205 Å². The van der Waals surface area contributed by atoms with Gasteiger partial charge in [-0.15, -0.1) is 11.8 Å². The second-order valence-electron chi connectivity index (χ2n) is 8.15. The highest BCUT2D eigenvalue weighted by Crippen LogP contribution is 2.23. The fourth-order valence-electron chi connectivity index (χ4n) is 4.02. The highest BCUT2D eigenvalue weighted by Gasteiger charge is 2.30.